The van der Waals surface area contributed by atoms with Gasteiger partial charge in [0.2, 0.25) is 0 Å². The Morgan fingerprint density at radius 1 is 1.39 bits per heavy atom. The van der Waals surface area contributed by atoms with Gasteiger partial charge in [0.15, 0.2) is 0 Å². The number of aromatic nitrogens is 1. The molecule has 0 bridgehead atoms. The minimum Gasteiger partial charge on any atom is -0.441 e. The number of ether oxygens (including phenoxy) is 2. The van der Waals surface area contributed by atoms with Crippen LogP contribution in [0.4, 0.5) is 10.5 Å². The Morgan fingerprint density at radius 2 is 2.09 bits per heavy atom. The van der Waals surface area contributed by atoms with Crippen LogP contribution in [0.25, 0.3) is 0 Å². The second-order valence-electron chi connectivity index (χ2n) is 6.16. The Hall–Kier alpha value is -1.38. The predicted octanol–water partition coefficient (Wildman–Crippen LogP) is 3.94. The van der Waals surface area contributed by atoms with Crippen molar-refractivity contribution in [1.82, 2.24) is 9.88 Å². The van der Waals surface area contributed by atoms with Crippen molar-refractivity contribution in [3.05, 3.63) is 22.4 Å². The van der Waals surface area contributed by atoms with E-state index in [1.807, 2.05) is 19.0 Å². The van der Waals surface area contributed by atoms with Crippen LogP contribution in [0.15, 0.2) is 27.0 Å². The molecule has 0 unspecified atom stereocenters. The summed E-state index contributed by atoms with van der Waals surface area (Å²) >= 11 is 3.33. The average molecular weight is 387 g/mol. The van der Waals surface area contributed by atoms with Crippen molar-refractivity contribution in [3.63, 3.8) is 0 Å². The Bertz CT molecular complexity index is 556. The van der Waals surface area contributed by atoms with E-state index in [9.17, 15) is 4.79 Å². The molecule has 1 heterocycles. The lowest BCUT2D eigenvalue weighted by molar-refractivity contribution is 0.0592. The Balaban J connectivity index is 2.72. The molecule has 0 saturated heterocycles. The van der Waals surface area contributed by atoms with Gasteiger partial charge in [0.05, 0.1) is 18.9 Å². The van der Waals surface area contributed by atoms with Gasteiger partial charge in [-0.25, -0.2) is 4.79 Å². The van der Waals surface area contributed by atoms with Crippen LogP contribution in [0.1, 0.15) is 26.5 Å². The first kappa shape index (κ1) is 19.7. The number of amides is 1. The number of hydrogen-bond donors (Lipinski definition) is 0. The van der Waals surface area contributed by atoms with Crippen LogP contribution in [0.3, 0.4) is 0 Å². The van der Waals surface area contributed by atoms with Crippen molar-refractivity contribution < 1.29 is 14.3 Å². The highest BCUT2D eigenvalue weighted by Gasteiger charge is 2.16. The van der Waals surface area contributed by atoms with Crippen molar-refractivity contribution >= 4 is 27.7 Å². The van der Waals surface area contributed by atoms with E-state index in [0.717, 1.165) is 11.0 Å². The second-order valence-corrected chi connectivity index (χ2v) is 7.07. The van der Waals surface area contributed by atoms with Gasteiger partial charge in [-0.2, -0.15) is 0 Å². The number of nitrogens with zero attached hydrogens (tertiary/aromatic N) is 4. The predicted molar refractivity (Wildman–Crippen MR) is 90.9 cm³/mol. The number of halogens is 1. The number of hydrogen-bond acceptors (Lipinski definition) is 6. The van der Waals surface area contributed by atoms with Crippen molar-refractivity contribution in [2.75, 3.05) is 27.2 Å². The average Bonchev–Trinajstić information content (AvgIpc) is 2.40. The fourth-order valence-electron chi connectivity index (χ4n) is 1.45. The number of carbonyl (C=O) groups is 1. The van der Waals surface area contributed by atoms with E-state index < -0.39 is 11.7 Å². The molecule has 8 heteroatoms. The molecule has 0 aliphatic heterocycles. The third-order valence-electron chi connectivity index (χ3n) is 2.47. The number of rotatable bonds is 6. The molecule has 0 aromatic carbocycles. The third kappa shape index (κ3) is 8.73. The van der Waals surface area contributed by atoms with Crippen LogP contribution in [-0.2, 0) is 16.1 Å². The molecule has 0 spiro atoms. The normalized spacial score (nSPS) is 12.1. The molecule has 0 atom stereocenters. The monoisotopic (exact) mass is 386 g/mol. The minimum atomic E-state index is -0.739. The van der Waals surface area contributed by atoms with E-state index in [1.165, 1.54) is 0 Å². The highest BCUT2D eigenvalue weighted by atomic mass is 79.9. The van der Waals surface area contributed by atoms with Gasteiger partial charge in [-0.3, -0.25) is 4.98 Å². The third-order valence-corrected chi connectivity index (χ3v) is 2.90. The topological polar surface area (TPSA) is 76.4 Å². The SMILES string of the molecule is CN(C)CCOCc1ncc(Br)cc1N=NC(=O)OC(C)(C)C. The highest BCUT2D eigenvalue weighted by molar-refractivity contribution is 9.10. The van der Waals surface area contributed by atoms with Crippen LogP contribution in [0.2, 0.25) is 0 Å². The summed E-state index contributed by atoms with van der Waals surface area (Å²) in [6.45, 7) is 6.99. The van der Waals surface area contributed by atoms with E-state index in [2.05, 4.69) is 31.1 Å². The summed E-state index contributed by atoms with van der Waals surface area (Å²) in [5.74, 6) is 0. The summed E-state index contributed by atoms with van der Waals surface area (Å²) in [5.41, 5.74) is 0.471. The summed E-state index contributed by atoms with van der Waals surface area (Å²) in [6, 6.07) is 1.73. The fraction of sp³-hybridized carbons (Fsp3) is 0.600. The maximum Gasteiger partial charge on any atom is 0.452 e. The summed E-state index contributed by atoms with van der Waals surface area (Å²) in [6.07, 6.45) is 0.911. The van der Waals surface area contributed by atoms with Crippen LogP contribution >= 0.6 is 15.9 Å². The molecule has 7 nitrogen and oxygen atoms in total. The van der Waals surface area contributed by atoms with Gasteiger partial charge in [-0.15, -0.1) is 5.11 Å². The Morgan fingerprint density at radius 3 is 2.70 bits per heavy atom. The molecule has 0 radical (unpaired) electrons. The summed E-state index contributed by atoms with van der Waals surface area (Å²) in [5, 5.41) is 7.51. The largest absolute Gasteiger partial charge is 0.452 e. The molecular weight excluding hydrogens is 364 g/mol. The zero-order chi connectivity index (χ0) is 17.5. The summed E-state index contributed by atoms with van der Waals surface area (Å²) < 4.78 is 11.4. The lowest BCUT2D eigenvalue weighted by Gasteiger charge is -2.16. The van der Waals surface area contributed by atoms with Gasteiger partial charge in [0, 0.05) is 17.2 Å². The van der Waals surface area contributed by atoms with Crippen LogP contribution in [0, 0.1) is 0 Å². The van der Waals surface area contributed by atoms with Crippen molar-refractivity contribution in [2.24, 2.45) is 10.2 Å². The van der Waals surface area contributed by atoms with E-state index in [0.29, 0.717) is 24.6 Å². The molecule has 1 aromatic heterocycles. The van der Waals surface area contributed by atoms with Gasteiger partial charge in [0.1, 0.15) is 11.3 Å². The molecule has 1 aromatic rings. The maximum atomic E-state index is 11.6. The van der Waals surface area contributed by atoms with Crippen molar-refractivity contribution in [1.29, 1.82) is 0 Å². The molecule has 0 aliphatic carbocycles. The number of azo groups is 1. The number of pyridine rings is 1. The quantitative estimate of drug-likeness (QED) is 0.546. The Labute approximate surface area is 145 Å². The van der Waals surface area contributed by atoms with E-state index >= 15 is 0 Å². The molecule has 1 rings (SSSR count). The first-order valence-electron chi connectivity index (χ1n) is 7.19. The fourth-order valence-corrected chi connectivity index (χ4v) is 1.77. The smallest absolute Gasteiger partial charge is 0.441 e. The lowest BCUT2D eigenvalue weighted by atomic mass is 10.2. The summed E-state index contributed by atoms with van der Waals surface area (Å²) in [7, 11) is 3.95. The van der Waals surface area contributed by atoms with Gasteiger partial charge >= 0.3 is 6.09 Å². The zero-order valence-electron chi connectivity index (χ0n) is 14.2. The number of likely N-dealkylation sites (N-methyl/N-ethyl adjacent to an activating group) is 1. The molecule has 0 saturated carbocycles. The van der Waals surface area contributed by atoms with Gasteiger partial charge in [-0.05, 0) is 56.9 Å². The molecule has 23 heavy (non-hydrogen) atoms. The van der Waals surface area contributed by atoms with E-state index in [4.69, 9.17) is 9.47 Å². The highest BCUT2D eigenvalue weighted by Crippen LogP contribution is 2.23. The van der Waals surface area contributed by atoms with Crippen molar-refractivity contribution in [3.8, 4) is 0 Å². The molecule has 0 aliphatic rings. The van der Waals surface area contributed by atoms with Crippen LogP contribution in [0.5, 0.6) is 0 Å². The molecular formula is C15H23BrN4O3. The molecule has 128 valence electrons. The maximum absolute atomic E-state index is 11.6. The van der Waals surface area contributed by atoms with Crippen LogP contribution < -0.4 is 0 Å². The molecule has 0 fully saturated rings. The zero-order valence-corrected chi connectivity index (χ0v) is 15.8. The standard InChI is InChI=1S/C15H23BrN4O3/c1-15(2,3)23-14(21)19-18-12-8-11(16)9-17-13(12)10-22-7-6-20(4)5/h8-9H,6-7,10H2,1-5H3. The first-order chi connectivity index (χ1) is 10.7. The number of carbonyl (C=O) groups excluding carboxylic acids is 1. The molecule has 1 amide bonds. The van der Waals surface area contributed by atoms with Gasteiger partial charge in [-0.1, -0.05) is 5.11 Å². The minimum absolute atomic E-state index is 0.295. The van der Waals surface area contributed by atoms with Gasteiger partial charge < -0.3 is 14.4 Å². The van der Waals surface area contributed by atoms with Crippen LogP contribution in [-0.4, -0.2) is 48.8 Å². The van der Waals surface area contributed by atoms with E-state index in [-0.39, 0.29) is 0 Å². The lowest BCUT2D eigenvalue weighted by Crippen LogP contribution is -2.21. The Kier molecular flexibility index (Phi) is 7.74. The summed E-state index contributed by atoms with van der Waals surface area (Å²) in [4.78, 5) is 17.9. The van der Waals surface area contributed by atoms with Crippen molar-refractivity contribution in [2.45, 2.75) is 33.0 Å². The van der Waals surface area contributed by atoms with E-state index in [1.54, 1.807) is 33.0 Å². The van der Waals surface area contributed by atoms with Gasteiger partial charge in [0.25, 0.3) is 0 Å². The second kappa shape index (κ2) is 9.05. The first-order valence-corrected chi connectivity index (χ1v) is 7.98. The molecule has 0 N–H and O–H groups in total.